The SMILES string of the molecule is CCCCOc1nc(N)c2nc(O)n(Cc3ccc(CNCCCCN)cc3OC)c2n1. The average Bonchev–Trinajstić information content (AvgIpc) is 3.10. The number of nitrogens with zero attached hydrogens (tertiary/aromatic N) is 4. The van der Waals surface area contributed by atoms with E-state index < -0.39 is 0 Å². The van der Waals surface area contributed by atoms with E-state index in [9.17, 15) is 5.11 Å². The highest BCUT2D eigenvalue weighted by Crippen LogP contribution is 2.28. The summed E-state index contributed by atoms with van der Waals surface area (Å²) in [4.78, 5) is 12.7. The van der Waals surface area contributed by atoms with Crippen LogP contribution in [0.2, 0.25) is 0 Å². The van der Waals surface area contributed by atoms with Crippen LogP contribution in [0.4, 0.5) is 5.82 Å². The molecule has 0 unspecified atom stereocenters. The third-order valence-electron chi connectivity index (χ3n) is 5.13. The maximum Gasteiger partial charge on any atom is 0.320 e. The summed E-state index contributed by atoms with van der Waals surface area (Å²) >= 11 is 0. The molecule has 10 heteroatoms. The van der Waals surface area contributed by atoms with Gasteiger partial charge in [-0.25, -0.2) is 0 Å². The van der Waals surface area contributed by atoms with Crippen LogP contribution in [0.25, 0.3) is 11.2 Å². The lowest BCUT2D eigenvalue weighted by atomic mass is 10.1. The van der Waals surface area contributed by atoms with Crippen molar-refractivity contribution in [1.29, 1.82) is 0 Å². The normalized spacial score (nSPS) is 11.2. The fraction of sp³-hybridized carbons (Fsp3) is 0.500. The van der Waals surface area contributed by atoms with Gasteiger partial charge in [-0.3, -0.25) is 4.57 Å². The van der Waals surface area contributed by atoms with Gasteiger partial charge in [-0.15, -0.1) is 0 Å². The molecule has 3 rings (SSSR count). The molecule has 174 valence electrons. The summed E-state index contributed by atoms with van der Waals surface area (Å²) in [5.41, 5.74) is 14.3. The van der Waals surface area contributed by atoms with Crippen molar-refractivity contribution in [3.05, 3.63) is 29.3 Å². The van der Waals surface area contributed by atoms with Gasteiger partial charge >= 0.3 is 6.01 Å². The van der Waals surface area contributed by atoms with Crippen molar-refractivity contribution in [3.8, 4) is 17.8 Å². The second-order valence-electron chi connectivity index (χ2n) is 7.58. The number of methoxy groups -OCH3 is 1. The third-order valence-corrected chi connectivity index (χ3v) is 5.13. The fourth-order valence-electron chi connectivity index (χ4n) is 3.33. The number of imidazole rings is 1. The van der Waals surface area contributed by atoms with Crippen LogP contribution in [0.5, 0.6) is 17.8 Å². The van der Waals surface area contributed by atoms with Gasteiger partial charge in [0.05, 0.1) is 20.3 Å². The maximum atomic E-state index is 10.5. The Morgan fingerprint density at radius 2 is 2.00 bits per heavy atom. The van der Waals surface area contributed by atoms with Gasteiger partial charge in [0.2, 0.25) is 0 Å². The van der Waals surface area contributed by atoms with Gasteiger partial charge in [-0.1, -0.05) is 25.5 Å². The first kappa shape index (κ1) is 23.6. The highest BCUT2D eigenvalue weighted by Gasteiger charge is 2.18. The summed E-state index contributed by atoms with van der Waals surface area (Å²) in [7, 11) is 1.63. The van der Waals surface area contributed by atoms with Crippen LogP contribution in [-0.4, -0.2) is 51.4 Å². The van der Waals surface area contributed by atoms with E-state index in [0.29, 0.717) is 36.6 Å². The number of ether oxygens (including phenoxy) is 2. The molecule has 0 bridgehead atoms. The number of anilines is 1. The molecule has 3 aromatic rings. The van der Waals surface area contributed by atoms with Gasteiger partial charge in [0, 0.05) is 12.1 Å². The third kappa shape index (κ3) is 5.77. The number of aromatic hydroxyl groups is 1. The Kier molecular flexibility index (Phi) is 8.46. The Balaban J connectivity index is 1.81. The number of fused-ring (bicyclic) bond motifs is 1. The predicted molar refractivity (Wildman–Crippen MR) is 124 cm³/mol. The molecule has 0 fully saturated rings. The number of benzene rings is 1. The van der Waals surface area contributed by atoms with Gasteiger partial charge in [-0.05, 0) is 44.0 Å². The second-order valence-corrected chi connectivity index (χ2v) is 7.58. The fourth-order valence-corrected chi connectivity index (χ4v) is 3.33. The lowest BCUT2D eigenvalue weighted by Crippen LogP contribution is -2.16. The van der Waals surface area contributed by atoms with Crippen LogP contribution < -0.4 is 26.3 Å². The standard InChI is InChI=1S/C22H33N7O3/c1-3-4-11-32-21-27-19(24)18-20(28-21)29(22(30)26-18)14-16-8-7-15(12-17(16)31-2)13-25-10-6-5-9-23/h7-8,12,25H,3-6,9-11,13-14,23H2,1-2H3,(H,26,30)(H2,24,27,28). The van der Waals surface area contributed by atoms with Crippen molar-refractivity contribution in [2.45, 2.75) is 45.7 Å². The van der Waals surface area contributed by atoms with Crippen molar-refractivity contribution in [2.24, 2.45) is 5.73 Å². The summed E-state index contributed by atoms with van der Waals surface area (Å²) < 4.78 is 12.8. The number of unbranched alkanes of at least 4 members (excludes halogenated alkanes) is 2. The maximum absolute atomic E-state index is 10.5. The molecule has 0 saturated heterocycles. The number of nitrogens with one attached hydrogen (secondary N) is 1. The van der Waals surface area contributed by atoms with E-state index in [0.717, 1.165) is 49.9 Å². The first-order chi connectivity index (χ1) is 15.6. The van der Waals surface area contributed by atoms with Crippen LogP contribution in [0, 0.1) is 0 Å². The zero-order valence-corrected chi connectivity index (χ0v) is 18.8. The summed E-state index contributed by atoms with van der Waals surface area (Å²) in [6.45, 7) is 5.24. The van der Waals surface area contributed by atoms with Crippen molar-refractivity contribution in [2.75, 3.05) is 32.5 Å². The molecule has 0 aliphatic rings. The van der Waals surface area contributed by atoms with Crippen LogP contribution >= 0.6 is 0 Å². The Hall–Kier alpha value is -3.11. The van der Waals surface area contributed by atoms with Crippen molar-refractivity contribution >= 4 is 17.0 Å². The minimum absolute atomic E-state index is 0.165. The van der Waals surface area contributed by atoms with Crippen molar-refractivity contribution < 1.29 is 14.6 Å². The molecular formula is C22H33N7O3. The smallest absolute Gasteiger partial charge is 0.320 e. The van der Waals surface area contributed by atoms with E-state index in [4.69, 9.17) is 20.9 Å². The molecule has 0 aliphatic carbocycles. The molecule has 2 heterocycles. The number of hydrogen-bond donors (Lipinski definition) is 4. The van der Waals surface area contributed by atoms with Gasteiger partial charge in [0.25, 0.3) is 6.01 Å². The zero-order chi connectivity index (χ0) is 22.9. The quantitative estimate of drug-likeness (QED) is 0.292. The van der Waals surface area contributed by atoms with Gasteiger partial charge in [0.15, 0.2) is 17.0 Å². The topological polar surface area (TPSA) is 146 Å². The lowest BCUT2D eigenvalue weighted by Gasteiger charge is -2.13. The Morgan fingerprint density at radius 3 is 2.75 bits per heavy atom. The molecule has 0 radical (unpaired) electrons. The van der Waals surface area contributed by atoms with Crippen molar-refractivity contribution in [1.82, 2.24) is 24.8 Å². The number of nitrogen functional groups attached to an aromatic ring is 1. The summed E-state index contributed by atoms with van der Waals surface area (Å²) in [6, 6.07) is 5.98. The highest BCUT2D eigenvalue weighted by molar-refractivity contribution is 5.83. The van der Waals surface area contributed by atoms with E-state index in [2.05, 4.69) is 27.2 Å². The summed E-state index contributed by atoms with van der Waals surface area (Å²) in [6.07, 6.45) is 3.94. The first-order valence-corrected chi connectivity index (χ1v) is 11.0. The number of hydrogen-bond acceptors (Lipinski definition) is 9. The van der Waals surface area contributed by atoms with E-state index in [1.807, 2.05) is 18.2 Å². The van der Waals surface area contributed by atoms with Crippen LogP contribution in [-0.2, 0) is 13.1 Å². The van der Waals surface area contributed by atoms with Crippen LogP contribution in [0.1, 0.15) is 43.7 Å². The molecule has 0 atom stereocenters. The highest BCUT2D eigenvalue weighted by atomic mass is 16.5. The Labute approximate surface area is 188 Å². The van der Waals surface area contributed by atoms with Crippen molar-refractivity contribution in [3.63, 3.8) is 0 Å². The average molecular weight is 444 g/mol. The van der Waals surface area contributed by atoms with E-state index >= 15 is 0 Å². The first-order valence-electron chi connectivity index (χ1n) is 11.0. The molecule has 0 spiro atoms. The number of aromatic nitrogens is 4. The van der Waals surface area contributed by atoms with E-state index in [1.54, 1.807) is 11.7 Å². The molecule has 0 amide bonds. The number of nitrogens with two attached hydrogens (primary N) is 2. The molecule has 32 heavy (non-hydrogen) atoms. The van der Waals surface area contributed by atoms with E-state index in [1.165, 1.54) is 0 Å². The van der Waals surface area contributed by atoms with Crippen LogP contribution in [0.15, 0.2) is 18.2 Å². The van der Waals surface area contributed by atoms with Crippen LogP contribution in [0.3, 0.4) is 0 Å². The number of rotatable bonds is 13. The van der Waals surface area contributed by atoms with Gasteiger partial charge < -0.3 is 31.4 Å². The molecule has 0 aliphatic heterocycles. The minimum atomic E-state index is -0.195. The lowest BCUT2D eigenvalue weighted by molar-refractivity contribution is 0.286. The molecule has 1 aromatic carbocycles. The molecule has 6 N–H and O–H groups in total. The molecular weight excluding hydrogens is 410 g/mol. The predicted octanol–water partition coefficient (Wildman–Crippen LogP) is 2.18. The minimum Gasteiger partial charge on any atom is -0.496 e. The van der Waals surface area contributed by atoms with Gasteiger partial charge in [0.1, 0.15) is 5.75 Å². The Bertz CT molecular complexity index is 1020. The van der Waals surface area contributed by atoms with Gasteiger partial charge in [-0.2, -0.15) is 15.0 Å². The summed E-state index contributed by atoms with van der Waals surface area (Å²) in [5, 5.41) is 13.9. The largest absolute Gasteiger partial charge is 0.496 e. The molecule has 2 aromatic heterocycles. The molecule has 10 nitrogen and oxygen atoms in total. The summed E-state index contributed by atoms with van der Waals surface area (Å²) in [5.74, 6) is 0.882. The zero-order valence-electron chi connectivity index (χ0n) is 18.8. The van der Waals surface area contributed by atoms with E-state index in [-0.39, 0.29) is 17.8 Å². The monoisotopic (exact) mass is 443 g/mol. The second kappa shape index (κ2) is 11.5. The molecule has 0 saturated carbocycles. The Morgan fingerprint density at radius 1 is 1.16 bits per heavy atom.